The molecule has 2 N–H and O–H groups in total. The van der Waals surface area contributed by atoms with Crippen LogP contribution >= 0.6 is 0 Å². The lowest BCUT2D eigenvalue weighted by Gasteiger charge is -2.15. The highest BCUT2D eigenvalue weighted by Crippen LogP contribution is 2.35. The molecule has 7 heteroatoms. The first-order valence-corrected chi connectivity index (χ1v) is 13.0. The number of anilines is 1. The summed E-state index contributed by atoms with van der Waals surface area (Å²) < 4.78 is 5.39. The number of carbonyl (C=O) groups excluding carboxylic acids is 1. The molecule has 0 spiro atoms. The average molecular weight is 498 g/mol. The predicted molar refractivity (Wildman–Crippen MR) is 149 cm³/mol. The molecule has 1 aliphatic rings. The quantitative estimate of drug-likeness (QED) is 0.291. The Labute approximate surface area is 218 Å². The molecule has 0 saturated carbocycles. The Balaban J connectivity index is 1.42. The Kier molecular flexibility index (Phi) is 6.87. The SMILES string of the molecule is COc1ccc2cc(-c3nc(C(C)(C)C)[nH]c3-c3ccnc(NCCCN4CCCC4=O)c3)ccc2c1. The van der Waals surface area contributed by atoms with Crippen molar-refractivity contribution in [2.45, 2.75) is 45.4 Å². The summed E-state index contributed by atoms with van der Waals surface area (Å²) in [5.41, 5.74) is 3.86. The first kappa shape index (κ1) is 24.8. The number of nitrogens with zero attached hydrogens (tertiary/aromatic N) is 3. The van der Waals surface area contributed by atoms with Gasteiger partial charge < -0.3 is 19.9 Å². The summed E-state index contributed by atoms with van der Waals surface area (Å²) in [5.74, 6) is 2.87. The maximum Gasteiger partial charge on any atom is 0.222 e. The number of aromatic amines is 1. The number of carbonyl (C=O) groups is 1. The van der Waals surface area contributed by atoms with Crippen molar-refractivity contribution in [3.8, 4) is 28.3 Å². The number of likely N-dealkylation sites (tertiary alicyclic amines) is 1. The van der Waals surface area contributed by atoms with Gasteiger partial charge in [-0.25, -0.2) is 9.97 Å². The molecule has 1 fully saturated rings. The van der Waals surface area contributed by atoms with Gasteiger partial charge in [-0.05, 0) is 53.9 Å². The van der Waals surface area contributed by atoms with E-state index in [1.807, 2.05) is 29.3 Å². The fourth-order valence-electron chi connectivity index (χ4n) is 4.75. The standard InChI is InChI=1S/C30H35N5O2/c1-30(2,3)29-33-27(22-9-8-21-18-24(37-4)11-10-20(21)17-22)28(34-29)23-12-14-32-25(19-23)31-13-6-16-35-15-5-7-26(35)36/h8-12,14,17-19H,5-7,13,15-16H2,1-4H3,(H,31,32)(H,33,34). The minimum Gasteiger partial charge on any atom is -0.497 e. The van der Waals surface area contributed by atoms with Crippen LogP contribution in [0.3, 0.4) is 0 Å². The van der Waals surface area contributed by atoms with E-state index in [1.165, 1.54) is 0 Å². The van der Waals surface area contributed by atoms with E-state index in [-0.39, 0.29) is 11.3 Å². The van der Waals surface area contributed by atoms with Crippen LogP contribution in [-0.2, 0) is 10.2 Å². The van der Waals surface area contributed by atoms with Crippen LogP contribution in [0.2, 0.25) is 0 Å². The molecule has 0 radical (unpaired) electrons. The molecule has 1 amide bonds. The topological polar surface area (TPSA) is 83.1 Å². The monoisotopic (exact) mass is 497 g/mol. The second kappa shape index (κ2) is 10.2. The van der Waals surface area contributed by atoms with Crippen LogP contribution in [0.15, 0.2) is 54.7 Å². The van der Waals surface area contributed by atoms with Gasteiger partial charge in [0.25, 0.3) is 0 Å². The van der Waals surface area contributed by atoms with E-state index in [1.54, 1.807) is 7.11 Å². The zero-order valence-electron chi connectivity index (χ0n) is 22.1. The van der Waals surface area contributed by atoms with Crippen molar-refractivity contribution in [1.82, 2.24) is 19.9 Å². The van der Waals surface area contributed by atoms with Crippen molar-refractivity contribution in [3.05, 3.63) is 60.6 Å². The number of amides is 1. The summed E-state index contributed by atoms with van der Waals surface area (Å²) in [4.78, 5) is 27.0. The molecular weight excluding hydrogens is 462 g/mol. The minimum atomic E-state index is -0.127. The lowest BCUT2D eigenvalue weighted by atomic mass is 9.96. The van der Waals surface area contributed by atoms with Crippen molar-refractivity contribution in [1.29, 1.82) is 0 Å². The fourth-order valence-corrected chi connectivity index (χ4v) is 4.75. The highest BCUT2D eigenvalue weighted by atomic mass is 16.5. The molecule has 192 valence electrons. The first-order chi connectivity index (χ1) is 17.8. The average Bonchev–Trinajstić information content (AvgIpc) is 3.53. The normalized spacial score (nSPS) is 13.9. The lowest BCUT2D eigenvalue weighted by molar-refractivity contribution is -0.127. The number of aromatic nitrogens is 3. The molecule has 3 heterocycles. The number of H-pyrrole nitrogens is 1. The number of benzene rings is 2. The molecule has 1 aliphatic heterocycles. The second-order valence-electron chi connectivity index (χ2n) is 10.7. The molecule has 5 rings (SSSR count). The third-order valence-corrected chi connectivity index (χ3v) is 6.87. The molecule has 2 aromatic heterocycles. The van der Waals surface area contributed by atoms with Crippen LogP contribution in [0.25, 0.3) is 33.3 Å². The van der Waals surface area contributed by atoms with Crippen LogP contribution in [-0.4, -0.2) is 52.5 Å². The molecule has 4 aromatic rings. The van der Waals surface area contributed by atoms with Gasteiger partial charge in [0, 0.05) is 48.8 Å². The number of rotatable bonds is 8. The van der Waals surface area contributed by atoms with Crippen molar-refractivity contribution in [3.63, 3.8) is 0 Å². The molecular formula is C30H35N5O2. The Bertz CT molecular complexity index is 1420. The molecule has 37 heavy (non-hydrogen) atoms. The molecule has 0 atom stereocenters. The van der Waals surface area contributed by atoms with E-state index in [0.29, 0.717) is 6.42 Å². The van der Waals surface area contributed by atoms with Crippen LogP contribution in [0.1, 0.15) is 45.9 Å². The first-order valence-electron chi connectivity index (χ1n) is 13.0. The summed E-state index contributed by atoms with van der Waals surface area (Å²) in [6.07, 6.45) is 4.38. The smallest absolute Gasteiger partial charge is 0.222 e. The van der Waals surface area contributed by atoms with Crippen molar-refractivity contribution in [2.24, 2.45) is 0 Å². The van der Waals surface area contributed by atoms with Crippen LogP contribution in [0.5, 0.6) is 5.75 Å². The largest absolute Gasteiger partial charge is 0.497 e. The molecule has 0 aliphatic carbocycles. The maximum absolute atomic E-state index is 11.8. The Morgan fingerprint density at radius 3 is 2.62 bits per heavy atom. The van der Waals surface area contributed by atoms with E-state index in [9.17, 15) is 4.79 Å². The van der Waals surface area contributed by atoms with Gasteiger partial charge in [-0.1, -0.05) is 39.0 Å². The maximum atomic E-state index is 11.8. The van der Waals surface area contributed by atoms with Crippen molar-refractivity contribution in [2.75, 3.05) is 32.1 Å². The number of hydrogen-bond acceptors (Lipinski definition) is 5. The summed E-state index contributed by atoms with van der Waals surface area (Å²) in [7, 11) is 1.69. The van der Waals surface area contributed by atoms with Gasteiger partial charge in [-0.2, -0.15) is 0 Å². The van der Waals surface area contributed by atoms with Gasteiger partial charge in [0.15, 0.2) is 0 Å². The van der Waals surface area contributed by atoms with E-state index >= 15 is 0 Å². The van der Waals surface area contributed by atoms with Gasteiger partial charge in [0.1, 0.15) is 17.4 Å². The van der Waals surface area contributed by atoms with Gasteiger partial charge in [-0.15, -0.1) is 0 Å². The van der Waals surface area contributed by atoms with E-state index < -0.39 is 0 Å². The van der Waals surface area contributed by atoms with Gasteiger partial charge in [-0.3, -0.25) is 4.79 Å². The van der Waals surface area contributed by atoms with Crippen molar-refractivity contribution >= 4 is 22.5 Å². The third kappa shape index (κ3) is 5.45. The minimum absolute atomic E-state index is 0.127. The number of hydrogen-bond donors (Lipinski definition) is 2. The lowest BCUT2D eigenvalue weighted by Crippen LogP contribution is -2.27. The Morgan fingerprint density at radius 1 is 1.05 bits per heavy atom. The van der Waals surface area contributed by atoms with Gasteiger partial charge in [0.05, 0.1) is 18.5 Å². The summed E-state index contributed by atoms with van der Waals surface area (Å²) in [6.45, 7) is 8.92. The van der Waals surface area contributed by atoms with Gasteiger partial charge in [0.2, 0.25) is 5.91 Å². The van der Waals surface area contributed by atoms with E-state index in [0.717, 1.165) is 83.2 Å². The number of nitrogens with one attached hydrogen (secondary N) is 2. The van der Waals surface area contributed by atoms with Crippen LogP contribution < -0.4 is 10.1 Å². The number of fused-ring (bicyclic) bond motifs is 1. The second-order valence-corrected chi connectivity index (χ2v) is 10.7. The zero-order valence-corrected chi connectivity index (χ0v) is 22.1. The summed E-state index contributed by atoms with van der Waals surface area (Å²) in [5, 5.41) is 5.69. The zero-order chi connectivity index (χ0) is 26.0. The Morgan fingerprint density at radius 2 is 1.86 bits per heavy atom. The molecule has 7 nitrogen and oxygen atoms in total. The summed E-state index contributed by atoms with van der Waals surface area (Å²) in [6, 6.07) is 16.6. The molecule has 1 saturated heterocycles. The Hall–Kier alpha value is -3.87. The van der Waals surface area contributed by atoms with E-state index in [4.69, 9.17) is 9.72 Å². The fraction of sp³-hybridized carbons (Fsp3) is 0.367. The van der Waals surface area contributed by atoms with Crippen LogP contribution in [0.4, 0.5) is 5.82 Å². The molecule has 0 unspecified atom stereocenters. The number of methoxy groups -OCH3 is 1. The third-order valence-electron chi connectivity index (χ3n) is 6.87. The van der Waals surface area contributed by atoms with Crippen LogP contribution in [0, 0.1) is 0 Å². The highest BCUT2D eigenvalue weighted by Gasteiger charge is 2.23. The number of ether oxygens (including phenoxy) is 1. The highest BCUT2D eigenvalue weighted by molar-refractivity contribution is 5.90. The predicted octanol–water partition coefficient (Wildman–Crippen LogP) is 6.02. The van der Waals surface area contributed by atoms with Crippen molar-refractivity contribution < 1.29 is 9.53 Å². The number of imidazole rings is 1. The molecule has 2 aromatic carbocycles. The number of pyridine rings is 1. The van der Waals surface area contributed by atoms with Gasteiger partial charge >= 0.3 is 0 Å². The summed E-state index contributed by atoms with van der Waals surface area (Å²) >= 11 is 0. The van der Waals surface area contributed by atoms with E-state index in [2.05, 4.69) is 66.4 Å². The molecule has 0 bridgehead atoms.